The number of anilines is 1. The summed E-state index contributed by atoms with van der Waals surface area (Å²) >= 11 is 0. The third kappa shape index (κ3) is 3.96. The molecule has 1 atom stereocenters. The van der Waals surface area contributed by atoms with Crippen LogP contribution in [-0.2, 0) is 22.6 Å². The van der Waals surface area contributed by atoms with E-state index < -0.39 is 17.4 Å². The molecule has 2 aromatic carbocycles. The number of carbonyl (C=O) groups excluding carboxylic acids is 3. The molecule has 0 saturated heterocycles. The second-order valence-electron chi connectivity index (χ2n) is 8.41. The van der Waals surface area contributed by atoms with Crippen molar-refractivity contribution in [3.05, 3.63) is 71.5 Å². The van der Waals surface area contributed by atoms with E-state index in [0.717, 1.165) is 5.56 Å². The third-order valence-electron chi connectivity index (χ3n) is 6.04. The third-order valence-corrected chi connectivity index (χ3v) is 6.04. The molecule has 0 spiro atoms. The second-order valence-corrected chi connectivity index (χ2v) is 8.41. The van der Waals surface area contributed by atoms with E-state index in [9.17, 15) is 14.4 Å². The van der Waals surface area contributed by atoms with Crippen LogP contribution in [0.5, 0.6) is 11.5 Å². The number of fused-ring (bicyclic) bond motifs is 2. The number of hydrogen-bond acceptors (Lipinski definition) is 7. The van der Waals surface area contributed by atoms with Crippen molar-refractivity contribution in [3.63, 3.8) is 0 Å². The smallest absolute Gasteiger partial charge is 0.358 e. The SMILES string of the molecule is CCOC(=O)c1cc2n(n1)C[C@@](C)(C(=O)NCc1ccccc1)N(c1ccc3c(c1)OCO3)C2=O. The van der Waals surface area contributed by atoms with Crippen LogP contribution in [0.2, 0.25) is 0 Å². The zero-order chi connectivity index (χ0) is 24.6. The van der Waals surface area contributed by atoms with Gasteiger partial charge in [-0.05, 0) is 31.5 Å². The number of rotatable bonds is 6. The molecular formula is C25H24N4O6. The molecule has 1 N–H and O–H groups in total. The first-order chi connectivity index (χ1) is 16.9. The van der Waals surface area contributed by atoms with Crippen LogP contribution < -0.4 is 19.7 Å². The fourth-order valence-electron chi connectivity index (χ4n) is 4.28. The Bertz CT molecular complexity index is 1300. The number of amides is 2. The zero-order valence-electron chi connectivity index (χ0n) is 19.3. The summed E-state index contributed by atoms with van der Waals surface area (Å²) in [5, 5.41) is 7.21. The number of nitrogens with one attached hydrogen (secondary N) is 1. The maximum absolute atomic E-state index is 13.8. The van der Waals surface area contributed by atoms with Gasteiger partial charge in [0.05, 0.1) is 13.2 Å². The summed E-state index contributed by atoms with van der Waals surface area (Å²) in [6.07, 6.45) is 0. The molecule has 5 rings (SSSR count). The Morgan fingerprint density at radius 2 is 1.89 bits per heavy atom. The predicted molar refractivity (Wildman–Crippen MR) is 124 cm³/mol. The quantitative estimate of drug-likeness (QED) is 0.544. The van der Waals surface area contributed by atoms with E-state index in [1.807, 2.05) is 30.3 Å². The average molecular weight is 476 g/mol. The molecule has 0 radical (unpaired) electrons. The van der Waals surface area contributed by atoms with E-state index in [1.54, 1.807) is 32.0 Å². The molecule has 1 aromatic heterocycles. The second kappa shape index (κ2) is 8.79. The molecule has 3 heterocycles. The molecular weight excluding hydrogens is 452 g/mol. The minimum absolute atomic E-state index is 0.00906. The number of nitrogens with zero attached hydrogens (tertiary/aromatic N) is 3. The van der Waals surface area contributed by atoms with Crippen LogP contribution in [0.25, 0.3) is 0 Å². The number of carbonyl (C=O) groups is 3. The first-order valence-corrected chi connectivity index (χ1v) is 11.2. The average Bonchev–Trinajstić information content (AvgIpc) is 3.50. The number of benzene rings is 2. The van der Waals surface area contributed by atoms with Crippen molar-refractivity contribution in [2.45, 2.75) is 32.5 Å². The lowest BCUT2D eigenvalue weighted by Gasteiger charge is -2.43. The summed E-state index contributed by atoms with van der Waals surface area (Å²) in [5.41, 5.74) is 0.214. The van der Waals surface area contributed by atoms with Gasteiger partial charge in [0.15, 0.2) is 17.2 Å². The summed E-state index contributed by atoms with van der Waals surface area (Å²) in [7, 11) is 0. The largest absolute Gasteiger partial charge is 0.461 e. The van der Waals surface area contributed by atoms with Crippen molar-refractivity contribution >= 4 is 23.5 Å². The van der Waals surface area contributed by atoms with Gasteiger partial charge in [-0.15, -0.1) is 0 Å². The maximum Gasteiger partial charge on any atom is 0.358 e. The highest BCUT2D eigenvalue weighted by molar-refractivity contribution is 6.12. The topological polar surface area (TPSA) is 112 Å². The van der Waals surface area contributed by atoms with Gasteiger partial charge < -0.3 is 19.5 Å². The van der Waals surface area contributed by atoms with E-state index >= 15 is 0 Å². The van der Waals surface area contributed by atoms with Gasteiger partial charge in [0.1, 0.15) is 11.2 Å². The summed E-state index contributed by atoms with van der Waals surface area (Å²) in [6, 6.07) is 15.9. The van der Waals surface area contributed by atoms with E-state index in [2.05, 4.69) is 10.4 Å². The molecule has 2 amide bonds. The van der Waals surface area contributed by atoms with Gasteiger partial charge in [0, 0.05) is 24.4 Å². The molecule has 0 aliphatic carbocycles. The van der Waals surface area contributed by atoms with Crippen molar-refractivity contribution in [3.8, 4) is 11.5 Å². The Hall–Kier alpha value is -4.34. The highest BCUT2D eigenvalue weighted by Crippen LogP contribution is 2.39. The van der Waals surface area contributed by atoms with Crippen LogP contribution in [0.4, 0.5) is 5.69 Å². The Balaban J connectivity index is 1.53. The Morgan fingerprint density at radius 1 is 1.11 bits per heavy atom. The van der Waals surface area contributed by atoms with Gasteiger partial charge in [-0.3, -0.25) is 19.2 Å². The van der Waals surface area contributed by atoms with Crippen LogP contribution in [0, 0.1) is 0 Å². The Labute approximate surface area is 201 Å². The monoisotopic (exact) mass is 476 g/mol. The molecule has 180 valence electrons. The highest BCUT2D eigenvalue weighted by Gasteiger charge is 2.49. The molecule has 2 aliphatic heterocycles. The van der Waals surface area contributed by atoms with E-state index in [-0.39, 0.29) is 37.2 Å². The van der Waals surface area contributed by atoms with Crippen LogP contribution >= 0.6 is 0 Å². The van der Waals surface area contributed by atoms with Crippen LogP contribution in [0.1, 0.15) is 40.4 Å². The van der Waals surface area contributed by atoms with Crippen molar-refractivity contribution < 1.29 is 28.6 Å². The summed E-state index contributed by atoms with van der Waals surface area (Å²) in [5.74, 6) is -0.439. The standard InChI is InChI=1S/C25H24N4O6/c1-3-33-23(31)18-12-19-22(30)29(17-9-10-20-21(11-17)35-15-34-20)25(2,14-28(19)27-18)24(32)26-13-16-7-5-4-6-8-16/h4-12H,3,13-15H2,1-2H3,(H,26,32)/t25-/m0/s1. The van der Waals surface area contributed by atoms with E-state index in [0.29, 0.717) is 23.7 Å². The molecule has 0 unspecified atom stereocenters. The number of ether oxygens (including phenoxy) is 3. The van der Waals surface area contributed by atoms with Crippen molar-refractivity contribution in [2.75, 3.05) is 18.3 Å². The Morgan fingerprint density at radius 3 is 2.66 bits per heavy atom. The summed E-state index contributed by atoms with van der Waals surface area (Å²) in [4.78, 5) is 41.1. The van der Waals surface area contributed by atoms with E-state index in [1.165, 1.54) is 15.6 Å². The predicted octanol–water partition coefficient (Wildman–Crippen LogP) is 2.52. The lowest BCUT2D eigenvalue weighted by Crippen LogP contribution is -2.64. The molecule has 0 bridgehead atoms. The summed E-state index contributed by atoms with van der Waals surface area (Å²) in [6.45, 7) is 3.94. The van der Waals surface area contributed by atoms with Gasteiger partial charge >= 0.3 is 5.97 Å². The lowest BCUT2D eigenvalue weighted by molar-refractivity contribution is -0.126. The number of hydrogen-bond donors (Lipinski definition) is 1. The number of aromatic nitrogens is 2. The van der Waals surface area contributed by atoms with Gasteiger partial charge in [-0.1, -0.05) is 30.3 Å². The maximum atomic E-state index is 13.8. The van der Waals surface area contributed by atoms with Crippen molar-refractivity contribution in [1.82, 2.24) is 15.1 Å². The minimum Gasteiger partial charge on any atom is -0.461 e. The normalized spacial score (nSPS) is 18.2. The van der Waals surface area contributed by atoms with Crippen molar-refractivity contribution in [2.24, 2.45) is 0 Å². The van der Waals surface area contributed by atoms with Gasteiger partial charge in [0.25, 0.3) is 5.91 Å². The van der Waals surface area contributed by atoms with Crippen molar-refractivity contribution in [1.29, 1.82) is 0 Å². The summed E-state index contributed by atoms with van der Waals surface area (Å²) < 4.78 is 17.3. The fourth-order valence-corrected chi connectivity index (χ4v) is 4.28. The van der Waals surface area contributed by atoms with Gasteiger partial charge in [-0.2, -0.15) is 5.10 Å². The molecule has 0 fully saturated rings. The first-order valence-electron chi connectivity index (χ1n) is 11.2. The Kier molecular flexibility index (Phi) is 5.64. The highest BCUT2D eigenvalue weighted by atomic mass is 16.7. The molecule has 10 nitrogen and oxygen atoms in total. The fraction of sp³-hybridized carbons (Fsp3) is 0.280. The molecule has 2 aliphatic rings. The van der Waals surface area contributed by atoms with Crippen LogP contribution in [0.3, 0.4) is 0 Å². The molecule has 3 aromatic rings. The van der Waals surface area contributed by atoms with Crippen LogP contribution in [0.15, 0.2) is 54.6 Å². The van der Waals surface area contributed by atoms with Gasteiger partial charge in [-0.25, -0.2) is 4.79 Å². The first kappa shape index (κ1) is 22.5. The zero-order valence-corrected chi connectivity index (χ0v) is 19.3. The number of esters is 1. The van der Waals surface area contributed by atoms with E-state index in [4.69, 9.17) is 14.2 Å². The molecule has 0 saturated carbocycles. The van der Waals surface area contributed by atoms with Gasteiger partial charge in [0.2, 0.25) is 12.7 Å². The van der Waals surface area contributed by atoms with Crippen LogP contribution in [-0.4, -0.2) is 46.5 Å². The molecule has 10 heteroatoms. The molecule has 35 heavy (non-hydrogen) atoms. The minimum atomic E-state index is -1.36. The lowest BCUT2D eigenvalue weighted by atomic mass is 9.93.